The van der Waals surface area contributed by atoms with Gasteiger partial charge in [0, 0.05) is 25.9 Å². The monoisotopic (exact) mass is 294 g/mol. The van der Waals surface area contributed by atoms with Crippen LogP contribution in [0.3, 0.4) is 0 Å². The van der Waals surface area contributed by atoms with E-state index < -0.39 is 17.7 Å². The first-order valence-electron chi connectivity index (χ1n) is 7.06. The maximum absolute atomic E-state index is 12.3. The van der Waals surface area contributed by atoms with Gasteiger partial charge in [-0.2, -0.15) is 5.10 Å². The van der Waals surface area contributed by atoms with E-state index in [1.807, 2.05) is 20.8 Å². The number of carbonyl (C=O) groups is 2. The molecule has 1 aromatic rings. The molecule has 116 valence electrons. The predicted molar refractivity (Wildman–Crippen MR) is 77.8 cm³/mol. The van der Waals surface area contributed by atoms with Gasteiger partial charge in [-0.1, -0.05) is 0 Å². The molecular weight excluding hydrogens is 272 g/mol. The maximum Gasteiger partial charge on any atom is 0.410 e. The first-order chi connectivity index (χ1) is 9.76. The number of nitrogens with one attached hydrogen (secondary N) is 1. The lowest BCUT2D eigenvalue weighted by Gasteiger charge is -2.27. The third-order valence-corrected chi connectivity index (χ3v) is 3.15. The van der Waals surface area contributed by atoms with Crippen molar-refractivity contribution in [3.63, 3.8) is 0 Å². The van der Waals surface area contributed by atoms with Crippen LogP contribution < -0.4 is 5.32 Å². The van der Waals surface area contributed by atoms with Crippen molar-refractivity contribution in [2.75, 3.05) is 11.9 Å². The molecule has 0 saturated carbocycles. The zero-order valence-electron chi connectivity index (χ0n) is 12.9. The lowest BCUT2D eigenvalue weighted by Crippen LogP contribution is -2.45. The average Bonchev–Trinajstić information content (AvgIpc) is 2.95. The van der Waals surface area contributed by atoms with E-state index in [0.717, 1.165) is 6.42 Å². The average molecular weight is 294 g/mol. The first kappa shape index (κ1) is 15.3. The number of hydrogen-bond donors (Lipinski definition) is 1. The number of amides is 2. The number of aryl methyl sites for hydroxylation is 1. The number of rotatable bonds is 2. The molecule has 0 aliphatic carbocycles. The van der Waals surface area contributed by atoms with Crippen molar-refractivity contribution in [1.29, 1.82) is 0 Å². The molecule has 1 aromatic heterocycles. The van der Waals surface area contributed by atoms with Gasteiger partial charge in [0.2, 0.25) is 5.91 Å². The van der Waals surface area contributed by atoms with Crippen molar-refractivity contribution in [3.8, 4) is 0 Å². The van der Waals surface area contributed by atoms with Crippen LogP contribution in [0.4, 0.5) is 10.6 Å². The largest absolute Gasteiger partial charge is 0.444 e. The van der Waals surface area contributed by atoms with E-state index in [1.54, 1.807) is 24.0 Å². The normalized spacial score (nSPS) is 18.7. The van der Waals surface area contributed by atoms with Crippen LogP contribution in [0.15, 0.2) is 12.3 Å². The minimum absolute atomic E-state index is 0.225. The standard InChI is InChI=1S/C14H22N4O3/c1-14(2,3)21-13(20)18-8-5-6-10(18)12(19)15-11-7-9-17(4)16-11/h7,9-10H,5-6,8H2,1-4H3,(H,15,16,19). The second kappa shape index (κ2) is 5.75. The fourth-order valence-electron chi connectivity index (χ4n) is 2.27. The number of ether oxygens (including phenoxy) is 1. The van der Waals surface area contributed by atoms with Crippen LogP contribution >= 0.6 is 0 Å². The maximum atomic E-state index is 12.3. The summed E-state index contributed by atoms with van der Waals surface area (Å²) in [5, 5.41) is 6.83. The number of hydrogen-bond acceptors (Lipinski definition) is 4. The van der Waals surface area contributed by atoms with Gasteiger partial charge in [-0.25, -0.2) is 4.79 Å². The SMILES string of the molecule is Cn1ccc(NC(=O)C2CCCN2C(=O)OC(C)(C)C)n1. The van der Waals surface area contributed by atoms with Crippen LogP contribution in [0.25, 0.3) is 0 Å². The molecule has 1 aliphatic rings. The molecule has 0 spiro atoms. The lowest BCUT2D eigenvalue weighted by atomic mass is 10.2. The molecule has 21 heavy (non-hydrogen) atoms. The molecule has 2 rings (SSSR count). The van der Waals surface area contributed by atoms with Crippen LogP contribution in [0.2, 0.25) is 0 Å². The second-order valence-corrected chi connectivity index (χ2v) is 6.20. The third-order valence-electron chi connectivity index (χ3n) is 3.15. The van der Waals surface area contributed by atoms with Crippen molar-refractivity contribution in [1.82, 2.24) is 14.7 Å². The van der Waals surface area contributed by atoms with E-state index >= 15 is 0 Å². The highest BCUT2D eigenvalue weighted by Crippen LogP contribution is 2.21. The van der Waals surface area contributed by atoms with Crippen LogP contribution in [-0.4, -0.2) is 44.9 Å². The zero-order valence-corrected chi connectivity index (χ0v) is 12.9. The molecule has 1 atom stereocenters. The molecule has 2 amide bonds. The van der Waals surface area contributed by atoms with Gasteiger partial charge in [-0.05, 0) is 33.6 Å². The molecule has 0 radical (unpaired) electrons. The highest BCUT2D eigenvalue weighted by molar-refractivity contribution is 5.96. The summed E-state index contributed by atoms with van der Waals surface area (Å²) in [6.45, 7) is 5.97. The van der Waals surface area contributed by atoms with E-state index in [0.29, 0.717) is 18.8 Å². The van der Waals surface area contributed by atoms with Crippen LogP contribution in [0.5, 0.6) is 0 Å². The molecule has 1 aliphatic heterocycles. The quantitative estimate of drug-likeness (QED) is 0.901. The van der Waals surface area contributed by atoms with Crippen LogP contribution in [-0.2, 0) is 16.6 Å². The molecule has 2 heterocycles. The van der Waals surface area contributed by atoms with Gasteiger partial charge in [-0.3, -0.25) is 14.4 Å². The smallest absolute Gasteiger partial charge is 0.410 e. The number of likely N-dealkylation sites (tertiary alicyclic amines) is 1. The molecule has 1 N–H and O–H groups in total. The number of nitrogens with zero attached hydrogens (tertiary/aromatic N) is 3. The minimum atomic E-state index is -0.568. The summed E-state index contributed by atoms with van der Waals surface area (Å²) in [5.41, 5.74) is -0.568. The van der Waals surface area contributed by atoms with Gasteiger partial charge in [0.15, 0.2) is 5.82 Å². The summed E-state index contributed by atoms with van der Waals surface area (Å²) in [7, 11) is 1.78. The van der Waals surface area contributed by atoms with Gasteiger partial charge in [0.25, 0.3) is 0 Å². The minimum Gasteiger partial charge on any atom is -0.444 e. The Hall–Kier alpha value is -2.05. The van der Waals surface area contributed by atoms with Gasteiger partial charge >= 0.3 is 6.09 Å². The Kier molecular flexibility index (Phi) is 4.20. The molecular formula is C14H22N4O3. The number of aromatic nitrogens is 2. The molecule has 1 unspecified atom stereocenters. The van der Waals surface area contributed by atoms with Gasteiger partial charge < -0.3 is 10.1 Å². The summed E-state index contributed by atoms with van der Waals surface area (Å²) in [6.07, 6.45) is 2.73. The van der Waals surface area contributed by atoms with Crippen molar-refractivity contribution in [3.05, 3.63) is 12.3 Å². The van der Waals surface area contributed by atoms with Gasteiger partial charge in [0.05, 0.1) is 0 Å². The summed E-state index contributed by atoms with van der Waals surface area (Å²) in [6, 6.07) is 1.21. The van der Waals surface area contributed by atoms with Crippen molar-refractivity contribution >= 4 is 17.8 Å². The fourth-order valence-corrected chi connectivity index (χ4v) is 2.27. The number of anilines is 1. The molecule has 1 fully saturated rings. The van der Waals surface area contributed by atoms with Crippen molar-refractivity contribution in [2.45, 2.75) is 45.3 Å². The summed E-state index contributed by atoms with van der Waals surface area (Å²) >= 11 is 0. The Bertz CT molecular complexity index is 533. The summed E-state index contributed by atoms with van der Waals surface area (Å²) in [4.78, 5) is 25.9. The second-order valence-electron chi connectivity index (χ2n) is 6.20. The Labute approximate surface area is 124 Å². The highest BCUT2D eigenvalue weighted by Gasteiger charge is 2.36. The Morgan fingerprint density at radius 3 is 2.71 bits per heavy atom. The Morgan fingerprint density at radius 1 is 1.43 bits per heavy atom. The van der Waals surface area contributed by atoms with E-state index in [2.05, 4.69) is 10.4 Å². The predicted octanol–water partition coefficient (Wildman–Crippen LogP) is 1.76. The van der Waals surface area contributed by atoms with E-state index in [9.17, 15) is 9.59 Å². The van der Waals surface area contributed by atoms with E-state index in [4.69, 9.17) is 4.74 Å². The highest BCUT2D eigenvalue weighted by atomic mass is 16.6. The third kappa shape index (κ3) is 3.96. The first-order valence-corrected chi connectivity index (χ1v) is 7.06. The molecule has 1 saturated heterocycles. The van der Waals surface area contributed by atoms with Crippen LogP contribution in [0.1, 0.15) is 33.6 Å². The molecule has 7 heteroatoms. The van der Waals surface area contributed by atoms with Crippen LogP contribution in [0, 0.1) is 0 Å². The topological polar surface area (TPSA) is 76.5 Å². The van der Waals surface area contributed by atoms with E-state index in [1.165, 1.54) is 4.90 Å². The van der Waals surface area contributed by atoms with Crippen molar-refractivity contribution < 1.29 is 14.3 Å². The van der Waals surface area contributed by atoms with Crippen molar-refractivity contribution in [2.24, 2.45) is 7.05 Å². The fraction of sp³-hybridized carbons (Fsp3) is 0.643. The lowest BCUT2D eigenvalue weighted by molar-refractivity contribution is -0.120. The Morgan fingerprint density at radius 2 is 2.14 bits per heavy atom. The number of carbonyl (C=O) groups excluding carboxylic acids is 2. The zero-order chi connectivity index (χ0) is 15.6. The van der Waals surface area contributed by atoms with Gasteiger partial charge in [-0.15, -0.1) is 0 Å². The summed E-state index contributed by atoms with van der Waals surface area (Å²) < 4.78 is 6.95. The van der Waals surface area contributed by atoms with E-state index in [-0.39, 0.29) is 5.91 Å². The molecule has 0 aromatic carbocycles. The molecule has 0 bridgehead atoms. The van der Waals surface area contributed by atoms with Gasteiger partial charge in [0.1, 0.15) is 11.6 Å². The summed E-state index contributed by atoms with van der Waals surface area (Å²) in [5.74, 6) is 0.260. The molecule has 7 nitrogen and oxygen atoms in total. The Balaban J connectivity index is 2.00.